The summed E-state index contributed by atoms with van der Waals surface area (Å²) in [7, 11) is 1.42. The highest BCUT2D eigenvalue weighted by atomic mass is 32.1. The van der Waals surface area contributed by atoms with E-state index >= 15 is 0 Å². The van der Waals surface area contributed by atoms with Crippen molar-refractivity contribution in [2.45, 2.75) is 26.8 Å². The molecule has 0 saturated carbocycles. The summed E-state index contributed by atoms with van der Waals surface area (Å²) in [5, 5.41) is 5.12. The molecule has 0 spiro atoms. The molecule has 8 heteroatoms. The minimum absolute atomic E-state index is 0.193. The van der Waals surface area contributed by atoms with Gasteiger partial charge in [0.15, 0.2) is 0 Å². The van der Waals surface area contributed by atoms with Crippen LogP contribution < -0.4 is 15.4 Å². The van der Waals surface area contributed by atoms with E-state index in [1.807, 2.05) is 26.8 Å². The number of thiophene rings is 1. The molecule has 2 rings (SSSR count). The molecule has 0 aliphatic carbocycles. The molecule has 0 aliphatic rings. The summed E-state index contributed by atoms with van der Waals surface area (Å²) >= 11 is 1.66. The standard InChI is InChI=1S/C15H18N4O3S/c1-8-5-11(10(3)23-8)9(2)18-13(20)14(21)19-12-6-16-7-17-15(12)22-4/h5-7,9H,1-4H3,(H,18,20)(H,19,21)/t9-/m0/s1. The zero-order valence-electron chi connectivity index (χ0n) is 13.3. The lowest BCUT2D eigenvalue weighted by molar-refractivity contribution is -0.136. The Hall–Kier alpha value is -2.48. The summed E-state index contributed by atoms with van der Waals surface area (Å²) in [5.74, 6) is -1.33. The second kappa shape index (κ2) is 7.19. The van der Waals surface area contributed by atoms with Crippen molar-refractivity contribution < 1.29 is 14.3 Å². The Balaban J connectivity index is 2.03. The van der Waals surface area contributed by atoms with E-state index in [1.165, 1.54) is 19.6 Å². The molecule has 2 N–H and O–H groups in total. The Morgan fingerprint density at radius 1 is 1.30 bits per heavy atom. The summed E-state index contributed by atoms with van der Waals surface area (Å²) in [6.07, 6.45) is 2.66. The van der Waals surface area contributed by atoms with Crippen molar-refractivity contribution in [1.29, 1.82) is 0 Å². The predicted molar refractivity (Wildman–Crippen MR) is 87.6 cm³/mol. The average molecular weight is 334 g/mol. The molecule has 0 fully saturated rings. The van der Waals surface area contributed by atoms with Gasteiger partial charge >= 0.3 is 11.8 Å². The van der Waals surface area contributed by atoms with Crippen LogP contribution in [-0.4, -0.2) is 28.9 Å². The lowest BCUT2D eigenvalue weighted by Crippen LogP contribution is -2.37. The zero-order valence-corrected chi connectivity index (χ0v) is 14.2. The number of amides is 2. The first kappa shape index (κ1) is 16.9. The Kier molecular flexibility index (Phi) is 5.28. The molecule has 0 aromatic carbocycles. The zero-order chi connectivity index (χ0) is 17.0. The van der Waals surface area contributed by atoms with Crippen LogP contribution in [-0.2, 0) is 9.59 Å². The molecule has 2 amide bonds. The van der Waals surface area contributed by atoms with Gasteiger partial charge in [-0.25, -0.2) is 4.98 Å². The maximum atomic E-state index is 12.0. The van der Waals surface area contributed by atoms with Crippen LogP contribution in [0.2, 0.25) is 0 Å². The maximum Gasteiger partial charge on any atom is 0.313 e. The van der Waals surface area contributed by atoms with Gasteiger partial charge in [0.05, 0.1) is 19.3 Å². The molecule has 23 heavy (non-hydrogen) atoms. The predicted octanol–water partition coefficient (Wildman–Crippen LogP) is 1.98. The summed E-state index contributed by atoms with van der Waals surface area (Å²) < 4.78 is 5.00. The van der Waals surface area contributed by atoms with Crippen molar-refractivity contribution >= 4 is 28.8 Å². The number of aryl methyl sites for hydroxylation is 2. The van der Waals surface area contributed by atoms with Crippen LogP contribution >= 0.6 is 11.3 Å². The van der Waals surface area contributed by atoms with E-state index in [9.17, 15) is 9.59 Å². The lowest BCUT2D eigenvalue weighted by Gasteiger charge is -2.14. The molecule has 1 atom stereocenters. The van der Waals surface area contributed by atoms with Crippen molar-refractivity contribution in [2.75, 3.05) is 12.4 Å². The van der Waals surface area contributed by atoms with Gasteiger partial charge < -0.3 is 15.4 Å². The number of nitrogens with one attached hydrogen (secondary N) is 2. The van der Waals surface area contributed by atoms with Crippen LogP contribution in [0.25, 0.3) is 0 Å². The van der Waals surface area contributed by atoms with Gasteiger partial charge in [0.1, 0.15) is 12.0 Å². The molecule has 2 aromatic rings. The smallest absolute Gasteiger partial charge is 0.313 e. The van der Waals surface area contributed by atoms with Gasteiger partial charge in [-0.05, 0) is 32.4 Å². The number of methoxy groups -OCH3 is 1. The molecular weight excluding hydrogens is 316 g/mol. The number of hydrogen-bond acceptors (Lipinski definition) is 6. The first-order valence-electron chi connectivity index (χ1n) is 6.95. The van der Waals surface area contributed by atoms with Gasteiger partial charge in [0.25, 0.3) is 0 Å². The largest absolute Gasteiger partial charge is 0.479 e. The van der Waals surface area contributed by atoms with Crippen molar-refractivity contribution in [3.05, 3.63) is 33.9 Å². The maximum absolute atomic E-state index is 12.0. The number of carbonyl (C=O) groups is 2. The highest BCUT2D eigenvalue weighted by Crippen LogP contribution is 2.26. The molecule has 0 aliphatic heterocycles. The van der Waals surface area contributed by atoms with Gasteiger partial charge in [-0.2, -0.15) is 4.98 Å². The molecule has 0 saturated heterocycles. The van der Waals surface area contributed by atoms with Gasteiger partial charge in [-0.3, -0.25) is 9.59 Å². The van der Waals surface area contributed by atoms with Crippen molar-refractivity contribution in [2.24, 2.45) is 0 Å². The highest BCUT2D eigenvalue weighted by molar-refractivity contribution is 7.12. The highest BCUT2D eigenvalue weighted by Gasteiger charge is 2.20. The molecule has 122 valence electrons. The van der Waals surface area contributed by atoms with Gasteiger partial charge in [0, 0.05) is 9.75 Å². The fraction of sp³-hybridized carbons (Fsp3) is 0.333. The quantitative estimate of drug-likeness (QED) is 0.834. The van der Waals surface area contributed by atoms with Gasteiger partial charge in [0.2, 0.25) is 5.88 Å². The first-order chi connectivity index (χ1) is 10.9. The Morgan fingerprint density at radius 3 is 2.65 bits per heavy atom. The fourth-order valence-electron chi connectivity index (χ4n) is 2.17. The van der Waals surface area contributed by atoms with Gasteiger partial charge in [-0.15, -0.1) is 11.3 Å². The minimum Gasteiger partial charge on any atom is -0.479 e. The number of aromatic nitrogens is 2. The van der Waals surface area contributed by atoms with Crippen LogP contribution in [0.3, 0.4) is 0 Å². The van der Waals surface area contributed by atoms with Crippen LogP contribution in [0.1, 0.15) is 28.3 Å². The van der Waals surface area contributed by atoms with E-state index in [0.717, 1.165) is 15.3 Å². The minimum atomic E-state index is -0.797. The number of carbonyl (C=O) groups excluding carboxylic acids is 2. The number of anilines is 1. The van der Waals surface area contributed by atoms with E-state index in [2.05, 4.69) is 20.6 Å². The molecule has 0 radical (unpaired) electrons. The normalized spacial score (nSPS) is 11.7. The van der Waals surface area contributed by atoms with Crippen molar-refractivity contribution in [3.8, 4) is 5.88 Å². The molecule has 2 heterocycles. The number of ether oxygens (including phenoxy) is 1. The van der Waals surface area contributed by atoms with Crippen molar-refractivity contribution in [3.63, 3.8) is 0 Å². The second-order valence-electron chi connectivity index (χ2n) is 4.96. The van der Waals surface area contributed by atoms with E-state index in [1.54, 1.807) is 11.3 Å². The third-order valence-corrected chi connectivity index (χ3v) is 4.20. The Bertz CT molecular complexity index is 729. The lowest BCUT2D eigenvalue weighted by atomic mass is 10.1. The van der Waals surface area contributed by atoms with Crippen LogP contribution in [0.15, 0.2) is 18.6 Å². The summed E-state index contributed by atoms with van der Waals surface area (Å²) in [6.45, 7) is 5.83. The SMILES string of the molecule is COc1ncncc1NC(=O)C(=O)N[C@@H](C)c1cc(C)sc1C. The molecule has 2 aromatic heterocycles. The average Bonchev–Trinajstić information content (AvgIpc) is 2.86. The van der Waals surface area contributed by atoms with Crippen LogP contribution in [0.4, 0.5) is 5.69 Å². The summed E-state index contributed by atoms with van der Waals surface area (Å²) in [5.41, 5.74) is 1.25. The second-order valence-corrected chi connectivity index (χ2v) is 6.42. The number of hydrogen-bond donors (Lipinski definition) is 2. The third-order valence-electron chi connectivity index (χ3n) is 3.22. The number of rotatable bonds is 4. The topological polar surface area (TPSA) is 93.2 Å². The van der Waals surface area contributed by atoms with E-state index in [0.29, 0.717) is 0 Å². The summed E-state index contributed by atoms with van der Waals surface area (Å²) in [6, 6.07) is 1.75. The monoisotopic (exact) mass is 334 g/mol. The third kappa shape index (κ3) is 4.04. The van der Waals surface area contributed by atoms with E-state index < -0.39 is 11.8 Å². The molecule has 0 unspecified atom stereocenters. The first-order valence-corrected chi connectivity index (χ1v) is 7.76. The Labute approximate surface area is 138 Å². The van der Waals surface area contributed by atoms with Gasteiger partial charge in [-0.1, -0.05) is 0 Å². The number of nitrogens with zero attached hydrogens (tertiary/aromatic N) is 2. The molecule has 7 nitrogen and oxygen atoms in total. The van der Waals surface area contributed by atoms with Crippen LogP contribution in [0, 0.1) is 13.8 Å². The van der Waals surface area contributed by atoms with Crippen molar-refractivity contribution in [1.82, 2.24) is 15.3 Å². The summed E-state index contributed by atoms with van der Waals surface area (Å²) in [4.78, 5) is 34.0. The van der Waals surface area contributed by atoms with E-state index in [-0.39, 0.29) is 17.6 Å². The van der Waals surface area contributed by atoms with Crippen LogP contribution in [0.5, 0.6) is 5.88 Å². The fourth-order valence-corrected chi connectivity index (χ4v) is 3.19. The Morgan fingerprint density at radius 2 is 2.04 bits per heavy atom. The molecular formula is C15H18N4O3S. The molecule has 0 bridgehead atoms. The van der Waals surface area contributed by atoms with E-state index in [4.69, 9.17) is 4.74 Å².